The van der Waals surface area contributed by atoms with Crippen LogP contribution < -0.4 is 10.6 Å². The highest BCUT2D eigenvalue weighted by Crippen LogP contribution is 2.22. The maximum atomic E-state index is 12.5. The van der Waals surface area contributed by atoms with E-state index in [1.54, 1.807) is 4.90 Å². The van der Waals surface area contributed by atoms with Gasteiger partial charge in [-0.15, -0.1) is 0 Å². The van der Waals surface area contributed by atoms with Crippen LogP contribution in [0.2, 0.25) is 0 Å². The van der Waals surface area contributed by atoms with Crippen LogP contribution in [-0.2, 0) is 4.79 Å². The zero-order chi connectivity index (χ0) is 16.8. The molecule has 0 atom stereocenters. The van der Waals surface area contributed by atoms with Gasteiger partial charge in [-0.25, -0.2) is 9.97 Å². The fourth-order valence-electron chi connectivity index (χ4n) is 2.09. The minimum Gasteiger partial charge on any atom is -0.382 e. The van der Waals surface area contributed by atoms with Crippen LogP contribution >= 0.6 is 11.8 Å². The van der Waals surface area contributed by atoms with Crippen molar-refractivity contribution in [3.63, 3.8) is 0 Å². The molecule has 2 N–H and O–H groups in total. The van der Waals surface area contributed by atoms with Crippen molar-refractivity contribution in [3.8, 4) is 6.07 Å². The average Bonchev–Trinajstić information content (AvgIpc) is 2.55. The number of benzene rings is 1. The second-order valence-electron chi connectivity index (χ2n) is 4.78. The van der Waals surface area contributed by atoms with E-state index in [1.807, 2.05) is 44.2 Å². The number of para-hydroxylation sites is 1. The maximum Gasteiger partial charge on any atom is 0.237 e. The molecule has 0 saturated carbocycles. The fourth-order valence-corrected chi connectivity index (χ4v) is 2.78. The van der Waals surface area contributed by atoms with Crippen LogP contribution in [0.3, 0.4) is 0 Å². The topological polar surface area (TPSA) is 95.9 Å². The smallest absolute Gasteiger partial charge is 0.237 e. The third-order valence-corrected chi connectivity index (χ3v) is 4.11. The van der Waals surface area contributed by atoms with Crippen molar-refractivity contribution >= 4 is 29.2 Å². The van der Waals surface area contributed by atoms with Crippen molar-refractivity contribution in [1.29, 1.82) is 5.26 Å². The number of amides is 1. The largest absolute Gasteiger partial charge is 0.382 e. The normalized spacial score (nSPS) is 10.1. The highest BCUT2D eigenvalue weighted by molar-refractivity contribution is 7.99. The van der Waals surface area contributed by atoms with Crippen molar-refractivity contribution in [2.75, 3.05) is 22.9 Å². The zero-order valence-electron chi connectivity index (χ0n) is 13.0. The molecule has 1 amide bonds. The van der Waals surface area contributed by atoms with Gasteiger partial charge in [0.25, 0.3) is 0 Å². The lowest BCUT2D eigenvalue weighted by molar-refractivity contribution is -0.116. The lowest BCUT2D eigenvalue weighted by atomic mass is 10.2. The van der Waals surface area contributed by atoms with Gasteiger partial charge in [-0.1, -0.05) is 30.0 Å². The molecule has 6 nitrogen and oxygen atoms in total. The number of thioether (sulfide) groups is 1. The van der Waals surface area contributed by atoms with Crippen LogP contribution in [0, 0.1) is 18.3 Å². The number of aromatic nitrogens is 2. The second-order valence-corrected chi connectivity index (χ2v) is 5.72. The molecule has 2 rings (SSSR count). The highest BCUT2D eigenvalue weighted by atomic mass is 32.2. The summed E-state index contributed by atoms with van der Waals surface area (Å²) in [5, 5.41) is 9.19. The van der Waals surface area contributed by atoms with Gasteiger partial charge in [0, 0.05) is 12.2 Å². The Bertz CT molecular complexity index is 756. The van der Waals surface area contributed by atoms with Crippen LogP contribution in [0.25, 0.3) is 0 Å². The molecule has 23 heavy (non-hydrogen) atoms. The van der Waals surface area contributed by atoms with E-state index in [0.717, 1.165) is 11.3 Å². The zero-order valence-corrected chi connectivity index (χ0v) is 13.8. The molecule has 1 aromatic carbocycles. The van der Waals surface area contributed by atoms with Gasteiger partial charge in [-0.3, -0.25) is 4.79 Å². The Hall–Kier alpha value is -2.59. The van der Waals surface area contributed by atoms with Gasteiger partial charge in [-0.2, -0.15) is 5.26 Å². The molecule has 2 aromatic rings. The number of carbonyl (C=O) groups excluding carboxylic acids is 1. The third kappa shape index (κ3) is 3.99. The van der Waals surface area contributed by atoms with Gasteiger partial charge in [0.2, 0.25) is 5.91 Å². The number of rotatable bonds is 5. The van der Waals surface area contributed by atoms with Gasteiger partial charge in [0.05, 0.1) is 11.9 Å². The fraction of sp³-hybridized carbons (Fsp3) is 0.250. The molecule has 0 aliphatic rings. The van der Waals surface area contributed by atoms with Gasteiger partial charge >= 0.3 is 0 Å². The number of hydrogen-bond acceptors (Lipinski definition) is 6. The minimum absolute atomic E-state index is 0.0293. The van der Waals surface area contributed by atoms with Gasteiger partial charge in [0.1, 0.15) is 17.5 Å². The summed E-state index contributed by atoms with van der Waals surface area (Å²) in [4.78, 5) is 22.3. The molecule has 0 aliphatic heterocycles. The molecular formula is C16H17N5OS. The molecule has 0 radical (unpaired) electrons. The number of hydrogen-bond donors (Lipinski definition) is 1. The summed E-state index contributed by atoms with van der Waals surface area (Å²) < 4.78 is 0. The highest BCUT2D eigenvalue weighted by Gasteiger charge is 2.16. The van der Waals surface area contributed by atoms with Crippen molar-refractivity contribution in [2.45, 2.75) is 19.0 Å². The number of nitrogen functional groups attached to an aromatic ring is 1. The van der Waals surface area contributed by atoms with Crippen LogP contribution in [0.5, 0.6) is 0 Å². The predicted molar refractivity (Wildman–Crippen MR) is 91.1 cm³/mol. The Balaban J connectivity index is 2.08. The monoisotopic (exact) mass is 327 g/mol. The Morgan fingerprint density at radius 2 is 2.17 bits per heavy atom. The lowest BCUT2D eigenvalue weighted by Crippen LogP contribution is -2.32. The van der Waals surface area contributed by atoms with Crippen LogP contribution in [0.15, 0.2) is 35.6 Å². The van der Waals surface area contributed by atoms with Crippen molar-refractivity contribution in [2.24, 2.45) is 0 Å². The van der Waals surface area contributed by atoms with Crippen LogP contribution in [0.4, 0.5) is 11.5 Å². The molecule has 1 heterocycles. The predicted octanol–water partition coefficient (Wildman–Crippen LogP) is 2.38. The number of aryl methyl sites for hydroxylation is 1. The first-order valence-corrected chi connectivity index (χ1v) is 8.06. The molecule has 0 unspecified atom stereocenters. The Morgan fingerprint density at radius 1 is 1.43 bits per heavy atom. The Kier molecular flexibility index (Phi) is 5.55. The molecule has 0 spiro atoms. The van der Waals surface area contributed by atoms with Gasteiger partial charge in [-0.05, 0) is 25.5 Å². The van der Waals surface area contributed by atoms with Gasteiger partial charge < -0.3 is 10.6 Å². The standard InChI is InChI=1S/C16H17N5OS/c1-3-21(13-7-5-4-6-11(13)2)14(22)10-23-16-19-9-12(8-17)15(18)20-16/h4-7,9H,3,10H2,1-2H3,(H2,18,19,20). The number of anilines is 2. The summed E-state index contributed by atoms with van der Waals surface area (Å²) >= 11 is 1.20. The second kappa shape index (κ2) is 7.61. The summed E-state index contributed by atoms with van der Waals surface area (Å²) in [7, 11) is 0. The molecule has 118 valence electrons. The van der Waals surface area contributed by atoms with E-state index in [2.05, 4.69) is 9.97 Å². The Labute approximate surface area is 139 Å². The minimum atomic E-state index is -0.0293. The van der Waals surface area contributed by atoms with E-state index in [-0.39, 0.29) is 23.0 Å². The van der Waals surface area contributed by atoms with E-state index >= 15 is 0 Å². The SMILES string of the molecule is CCN(C(=O)CSc1ncc(C#N)c(N)n1)c1ccccc1C. The van der Waals surface area contributed by atoms with E-state index < -0.39 is 0 Å². The van der Waals surface area contributed by atoms with E-state index in [1.165, 1.54) is 18.0 Å². The molecule has 0 bridgehead atoms. The third-order valence-electron chi connectivity index (χ3n) is 3.26. The molecule has 7 heteroatoms. The summed E-state index contributed by atoms with van der Waals surface area (Å²) in [6.07, 6.45) is 1.37. The first-order valence-electron chi connectivity index (χ1n) is 7.08. The molecule has 0 saturated heterocycles. The van der Waals surface area contributed by atoms with Crippen molar-refractivity contribution in [1.82, 2.24) is 9.97 Å². The molecular weight excluding hydrogens is 310 g/mol. The first-order chi connectivity index (χ1) is 11.1. The molecule has 0 fully saturated rings. The van der Waals surface area contributed by atoms with Crippen molar-refractivity contribution in [3.05, 3.63) is 41.6 Å². The summed E-state index contributed by atoms with van der Waals surface area (Å²) in [6, 6.07) is 9.67. The Morgan fingerprint density at radius 3 is 2.78 bits per heavy atom. The maximum absolute atomic E-state index is 12.5. The first kappa shape index (κ1) is 16.8. The number of nitrogens with zero attached hydrogens (tertiary/aromatic N) is 4. The number of nitrogens with two attached hydrogens (primary N) is 1. The number of nitriles is 1. The molecule has 0 aliphatic carbocycles. The van der Waals surface area contributed by atoms with E-state index in [0.29, 0.717) is 11.7 Å². The summed E-state index contributed by atoms with van der Waals surface area (Å²) in [5.41, 5.74) is 7.84. The number of carbonyl (C=O) groups is 1. The molecule has 1 aromatic heterocycles. The summed E-state index contributed by atoms with van der Waals surface area (Å²) in [6.45, 7) is 4.49. The van der Waals surface area contributed by atoms with Gasteiger partial charge in [0.15, 0.2) is 5.16 Å². The average molecular weight is 327 g/mol. The lowest BCUT2D eigenvalue weighted by Gasteiger charge is -2.22. The van der Waals surface area contributed by atoms with Crippen molar-refractivity contribution < 1.29 is 4.79 Å². The summed E-state index contributed by atoms with van der Waals surface area (Å²) in [5.74, 6) is 0.301. The van der Waals surface area contributed by atoms with E-state index in [9.17, 15) is 4.79 Å². The van der Waals surface area contributed by atoms with E-state index in [4.69, 9.17) is 11.0 Å². The van der Waals surface area contributed by atoms with Crippen LogP contribution in [0.1, 0.15) is 18.1 Å². The van der Waals surface area contributed by atoms with Crippen LogP contribution in [-0.4, -0.2) is 28.2 Å². The quantitative estimate of drug-likeness (QED) is 0.669.